The highest BCUT2D eigenvalue weighted by atomic mass is 32.2. The van der Waals surface area contributed by atoms with E-state index in [4.69, 9.17) is 0 Å². The molecule has 0 saturated heterocycles. The first-order valence-electron chi connectivity index (χ1n) is 8.14. The molecule has 0 fully saturated rings. The molecule has 3 aromatic rings. The molecule has 0 radical (unpaired) electrons. The van der Waals surface area contributed by atoms with Crippen LogP contribution in [0.5, 0.6) is 0 Å². The number of nitrogens with zero attached hydrogens (tertiary/aromatic N) is 3. The molecule has 0 unspecified atom stereocenters. The van der Waals surface area contributed by atoms with Gasteiger partial charge in [-0.2, -0.15) is 4.31 Å². The van der Waals surface area contributed by atoms with Gasteiger partial charge in [-0.25, -0.2) is 13.4 Å². The smallest absolute Gasteiger partial charge is 0.256 e. The first-order chi connectivity index (χ1) is 12.5. The van der Waals surface area contributed by atoms with Crippen LogP contribution in [-0.2, 0) is 30.0 Å². The Balaban J connectivity index is 1.69. The van der Waals surface area contributed by atoms with Crippen molar-refractivity contribution in [3.05, 3.63) is 69.7 Å². The Labute approximate surface area is 155 Å². The Morgan fingerprint density at radius 1 is 1.19 bits per heavy atom. The van der Waals surface area contributed by atoms with Gasteiger partial charge in [0.2, 0.25) is 10.0 Å². The Bertz CT molecular complexity index is 1120. The lowest BCUT2D eigenvalue weighted by atomic mass is 10.1. The molecule has 2 aromatic heterocycles. The van der Waals surface area contributed by atoms with Crippen molar-refractivity contribution in [3.8, 4) is 10.4 Å². The number of thiophene rings is 1. The quantitative estimate of drug-likeness (QED) is 0.691. The van der Waals surface area contributed by atoms with Crippen LogP contribution in [0.3, 0.4) is 0 Å². The highest BCUT2D eigenvalue weighted by Crippen LogP contribution is 2.29. The zero-order chi connectivity index (χ0) is 18.3. The Kier molecular flexibility index (Phi) is 4.26. The first-order valence-corrected chi connectivity index (χ1v) is 10.5. The third-order valence-electron chi connectivity index (χ3n) is 4.53. The number of sulfonamides is 1. The molecule has 0 saturated carbocycles. The van der Waals surface area contributed by atoms with Gasteiger partial charge in [0, 0.05) is 24.0 Å². The Morgan fingerprint density at radius 3 is 2.81 bits per heavy atom. The minimum absolute atomic E-state index is 0.105. The number of hydrogen-bond donors (Lipinski definition) is 0. The summed E-state index contributed by atoms with van der Waals surface area (Å²) in [5.41, 5.74) is 1.92. The lowest BCUT2D eigenvalue weighted by Gasteiger charge is -2.27. The van der Waals surface area contributed by atoms with E-state index < -0.39 is 10.0 Å². The van der Waals surface area contributed by atoms with Crippen LogP contribution in [0.15, 0.2) is 57.8 Å². The van der Waals surface area contributed by atoms with Gasteiger partial charge >= 0.3 is 0 Å². The second-order valence-electron chi connectivity index (χ2n) is 6.18. The van der Waals surface area contributed by atoms with Crippen molar-refractivity contribution in [1.29, 1.82) is 0 Å². The van der Waals surface area contributed by atoms with Crippen LogP contribution < -0.4 is 5.56 Å². The molecule has 6 nitrogen and oxygen atoms in total. The monoisotopic (exact) mass is 387 g/mol. The fourth-order valence-electron chi connectivity index (χ4n) is 3.10. The van der Waals surface area contributed by atoms with Crippen LogP contribution in [-0.4, -0.2) is 28.8 Å². The predicted octanol–water partition coefficient (Wildman–Crippen LogP) is 2.26. The average molecular weight is 387 g/mol. The topological polar surface area (TPSA) is 72.3 Å². The van der Waals surface area contributed by atoms with Gasteiger partial charge in [-0.05, 0) is 35.6 Å². The van der Waals surface area contributed by atoms with E-state index in [1.54, 1.807) is 36.6 Å². The van der Waals surface area contributed by atoms with E-state index in [-0.39, 0.29) is 23.5 Å². The highest BCUT2D eigenvalue weighted by molar-refractivity contribution is 7.89. The second kappa shape index (κ2) is 6.46. The predicted molar refractivity (Wildman–Crippen MR) is 101 cm³/mol. The van der Waals surface area contributed by atoms with Crippen molar-refractivity contribution in [2.24, 2.45) is 7.05 Å². The Morgan fingerprint density at radius 2 is 2.04 bits per heavy atom. The number of fused-ring (bicyclic) bond motifs is 1. The van der Waals surface area contributed by atoms with Crippen molar-refractivity contribution in [3.63, 3.8) is 0 Å². The molecule has 0 bridgehead atoms. The van der Waals surface area contributed by atoms with Crippen LogP contribution in [0.4, 0.5) is 0 Å². The molecule has 4 rings (SSSR count). The lowest BCUT2D eigenvalue weighted by Crippen LogP contribution is -2.39. The molecule has 0 N–H and O–H groups in total. The minimum Gasteiger partial charge on any atom is -0.302 e. The molecular weight excluding hydrogens is 370 g/mol. The summed E-state index contributed by atoms with van der Waals surface area (Å²) in [5, 5.41) is 1.96. The highest BCUT2D eigenvalue weighted by Gasteiger charge is 2.30. The summed E-state index contributed by atoms with van der Waals surface area (Å²) in [4.78, 5) is 17.7. The number of aromatic nitrogens is 2. The van der Waals surface area contributed by atoms with Crippen molar-refractivity contribution >= 4 is 21.4 Å². The van der Waals surface area contributed by atoms with Gasteiger partial charge in [-0.15, -0.1) is 11.3 Å². The van der Waals surface area contributed by atoms with Gasteiger partial charge in [0.25, 0.3) is 5.56 Å². The first kappa shape index (κ1) is 17.1. The van der Waals surface area contributed by atoms with Crippen molar-refractivity contribution < 1.29 is 8.42 Å². The fourth-order valence-corrected chi connectivity index (χ4v) is 5.27. The number of rotatable bonds is 3. The van der Waals surface area contributed by atoms with Gasteiger partial charge in [0.15, 0.2) is 0 Å². The maximum atomic E-state index is 13.1. The second-order valence-corrected chi connectivity index (χ2v) is 9.07. The maximum absolute atomic E-state index is 13.1. The average Bonchev–Trinajstić information content (AvgIpc) is 3.19. The van der Waals surface area contributed by atoms with E-state index in [2.05, 4.69) is 4.98 Å². The van der Waals surface area contributed by atoms with E-state index in [0.717, 1.165) is 10.4 Å². The molecule has 0 amide bonds. The van der Waals surface area contributed by atoms with Crippen LogP contribution in [0.25, 0.3) is 10.4 Å². The summed E-state index contributed by atoms with van der Waals surface area (Å²) < 4.78 is 29.0. The Hall–Kier alpha value is -2.29. The zero-order valence-electron chi connectivity index (χ0n) is 14.1. The van der Waals surface area contributed by atoms with Gasteiger partial charge in [0.05, 0.1) is 23.5 Å². The fraction of sp³-hybridized carbons (Fsp3) is 0.222. The molecule has 1 aliphatic heterocycles. The van der Waals surface area contributed by atoms with Gasteiger partial charge < -0.3 is 4.57 Å². The van der Waals surface area contributed by atoms with Crippen LogP contribution in [0, 0.1) is 0 Å². The normalized spacial score (nSPS) is 15.0. The van der Waals surface area contributed by atoms with Gasteiger partial charge in [-0.1, -0.05) is 18.2 Å². The van der Waals surface area contributed by atoms with E-state index in [1.807, 2.05) is 23.6 Å². The van der Waals surface area contributed by atoms with Gasteiger partial charge in [0.1, 0.15) is 0 Å². The zero-order valence-corrected chi connectivity index (χ0v) is 15.8. The molecule has 0 atom stereocenters. The summed E-state index contributed by atoms with van der Waals surface area (Å²) >= 11 is 1.57. The van der Waals surface area contributed by atoms with E-state index >= 15 is 0 Å². The van der Waals surface area contributed by atoms with Crippen molar-refractivity contribution in [2.75, 3.05) is 6.54 Å². The standard InChI is InChI=1S/C18H17N3O3S2/c1-20-12-19-16-11-21(8-7-15(16)18(20)22)26(23,24)14-5-2-4-13(10-14)17-6-3-9-25-17/h2-6,9-10,12H,7-8,11H2,1H3. The molecule has 0 spiro atoms. The van der Waals surface area contributed by atoms with Gasteiger partial charge in [-0.3, -0.25) is 4.79 Å². The molecule has 134 valence electrons. The van der Waals surface area contributed by atoms with Crippen molar-refractivity contribution in [1.82, 2.24) is 13.9 Å². The SMILES string of the molecule is Cn1cnc2c(c1=O)CCN(S(=O)(=O)c1cccc(-c3cccs3)c1)C2. The summed E-state index contributed by atoms with van der Waals surface area (Å²) in [5.74, 6) is 0. The number of benzene rings is 1. The van der Waals surface area contributed by atoms with E-state index in [9.17, 15) is 13.2 Å². The molecule has 0 aliphatic carbocycles. The maximum Gasteiger partial charge on any atom is 0.256 e. The summed E-state index contributed by atoms with van der Waals surface area (Å²) in [6.45, 7) is 0.399. The number of hydrogen-bond acceptors (Lipinski definition) is 5. The summed E-state index contributed by atoms with van der Waals surface area (Å²) in [6, 6.07) is 10.9. The number of aryl methyl sites for hydroxylation is 1. The third kappa shape index (κ3) is 2.90. The van der Waals surface area contributed by atoms with Crippen molar-refractivity contribution in [2.45, 2.75) is 17.9 Å². The van der Waals surface area contributed by atoms with Crippen LogP contribution >= 0.6 is 11.3 Å². The van der Waals surface area contributed by atoms with Crippen LogP contribution in [0.2, 0.25) is 0 Å². The molecule has 1 aliphatic rings. The molecule has 26 heavy (non-hydrogen) atoms. The summed E-state index contributed by atoms with van der Waals surface area (Å²) in [6.07, 6.45) is 1.81. The van der Waals surface area contributed by atoms with Crippen LogP contribution in [0.1, 0.15) is 11.3 Å². The van der Waals surface area contributed by atoms with E-state index in [0.29, 0.717) is 17.7 Å². The summed E-state index contributed by atoms with van der Waals surface area (Å²) in [7, 11) is -2.00. The molecule has 1 aromatic carbocycles. The minimum atomic E-state index is -3.65. The molecule has 3 heterocycles. The molecule has 8 heteroatoms. The molecular formula is C18H17N3O3S2. The van der Waals surface area contributed by atoms with E-state index in [1.165, 1.54) is 15.2 Å². The third-order valence-corrected chi connectivity index (χ3v) is 7.29. The largest absolute Gasteiger partial charge is 0.302 e. The lowest BCUT2D eigenvalue weighted by molar-refractivity contribution is 0.382.